The van der Waals surface area contributed by atoms with Crippen molar-refractivity contribution in [3.63, 3.8) is 0 Å². The Bertz CT molecular complexity index is 301. The van der Waals surface area contributed by atoms with Crippen molar-refractivity contribution < 1.29 is 38.5 Å². The molecule has 0 aromatic rings. The van der Waals surface area contributed by atoms with Gasteiger partial charge in [0.05, 0.1) is 0 Å². The Morgan fingerprint density at radius 2 is 1.16 bits per heavy atom. The second-order valence-electron chi connectivity index (χ2n) is 3.36. The molecule has 0 aliphatic heterocycles. The van der Waals surface area contributed by atoms with E-state index in [2.05, 4.69) is 9.47 Å². The lowest BCUT2D eigenvalue weighted by Crippen LogP contribution is -2.29. The lowest BCUT2D eigenvalue weighted by atomic mass is 10.4. The molecule has 0 aliphatic carbocycles. The van der Waals surface area contributed by atoms with Crippen LogP contribution in [0, 0.1) is 0 Å². The molecule has 1 N–H and O–H groups in total. The number of carboxylic acids is 1. The molecule has 0 aromatic heterocycles. The zero-order valence-corrected chi connectivity index (χ0v) is 11.3. The molecule has 110 valence electrons. The average Bonchev–Trinajstić information content (AvgIpc) is 2.20. The van der Waals surface area contributed by atoms with Crippen molar-refractivity contribution in [2.24, 2.45) is 0 Å². The predicted molar refractivity (Wildman–Crippen MR) is 62.1 cm³/mol. The van der Waals surface area contributed by atoms with Crippen LogP contribution >= 0.6 is 0 Å². The van der Waals surface area contributed by atoms with Crippen molar-refractivity contribution in [2.75, 3.05) is 13.2 Å². The largest absolute Gasteiger partial charge is 0.481 e. The van der Waals surface area contributed by atoms with E-state index in [0.717, 1.165) is 6.92 Å². The lowest BCUT2D eigenvalue weighted by molar-refractivity contribution is -0.163. The van der Waals surface area contributed by atoms with Crippen LogP contribution in [0.1, 0.15) is 27.7 Å². The van der Waals surface area contributed by atoms with Crippen molar-refractivity contribution in [3.8, 4) is 0 Å². The minimum atomic E-state index is -0.833. The fraction of sp³-hybridized carbons (Fsp3) is 0.636. The molecule has 0 saturated carbocycles. The summed E-state index contributed by atoms with van der Waals surface area (Å²) < 4.78 is 14.0. The minimum Gasteiger partial charge on any atom is -0.481 e. The highest BCUT2D eigenvalue weighted by molar-refractivity contribution is 5.67. The maximum absolute atomic E-state index is 10.6. The van der Waals surface area contributed by atoms with Gasteiger partial charge in [0.1, 0.15) is 13.2 Å². The highest BCUT2D eigenvalue weighted by Crippen LogP contribution is 1.97. The van der Waals surface area contributed by atoms with Gasteiger partial charge in [-0.2, -0.15) is 0 Å². The fourth-order valence-electron chi connectivity index (χ4n) is 0.771. The van der Waals surface area contributed by atoms with Crippen LogP contribution in [0.4, 0.5) is 0 Å². The summed E-state index contributed by atoms with van der Waals surface area (Å²) in [6.07, 6.45) is -0.754. The van der Waals surface area contributed by atoms with E-state index in [9.17, 15) is 14.4 Å². The summed E-state index contributed by atoms with van der Waals surface area (Å²) >= 11 is 0. The van der Waals surface area contributed by atoms with E-state index in [1.54, 1.807) is 0 Å². The summed E-state index contributed by atoms with van der Waals surface area (Å²) in [5.74, 6) is -2.34. The van der Waals surface area contributed by atoms with Crippen molar-refractivity contribution in [2.45, 2.75) is 33.8 Å². The molecular formula is C11H18O8. The van der Waals surface area contributed by atoms with E-state index in [1.807, 2.05) is 0 Å². The van der Waals surface area contributed by atoms with E-state index >= 15 is 0 Å². The van der Waals surface area contributed by atoms with Gasteiger partial charge >= 0.3 is 17.9 Å². The highest BCUT2D eigenvalue weighted by Gasteiger charge is 2.15. The molecule has 0 rings (SSSR count). The minimum absolute atomic E-state index is 0.123. The Morgan fingerprint density at radius 3 is 1.37 bits per heavy atom. The first kappa shape index (κ1) is 19.2. The molecule has 0 spiro atoms. The van der Waals surface area contributed by atoms with Gasteiger partial charge in [0, 0.05) is 27.7 Å². The number of hydrogen-bond donors (Lipinski definition) is 1. The third-order valence-electron chi connectivity index (χ3n) is 1.28. The highest BCUT2D eigenvalue weighted by atomic mass is 16.6. The summed E-state index contributed by atoms with van der Waals surface area (Å²) in [6, 6.07) is 0. The number of ether oxygens (including phenoxy) is 3. The van der Waals surface area contributed by atoms with Gasteiger partial charge in [-0.15, -0.1) is 0 Å². The van der Waals surface area contributed by atoms with Crippen molar-refractivity contribution in [3.05, 3.63) is 0 Å². The molecule has 8 nitrogen and oxygen atoms in total. The maximum atomic E-state index is 10.6. The molecule has 0 heterocycles. The van der Waals surface area contributed by atoms with Gasteiger partial charge in [0.15, 0.2) is 6.10 Å². The molecule has 8 heteroatoms. The number of rotatable bonds is 5. The molecule has 0 atom stereocenters. The second kappa shape index (κ2) is 11.0. The molecule has 0 amide bonds. The number of carboxylic acid groups (broad SMARTS) is 1. The summed E-state index contributed by atoms with van der Waals surface area (Å²) in [5.41, 5.74) is 0. The van der Waals surface area contributed by atoms with Crippen LogP contribution in [-0.4, -0.2) is 48.3 Å². The van der Waals surface area contributed by atoms with Crippen LogP contribution in [-0.2, 0) is 33.4 Å². The molecular weight excluding hydrogens is 260 g/mol. The van der Waals surface area contributed by atoms with Crippen LogP contribution in [0.3, 0.4) is 0 Å². The first-order valence-electron chi connectivity index (χ1n) is 5.28. The molecule has 0 unspecified atom stereocenters. The Labute approximate surface area is 110 Å². The van der Waals surface area contributed by atoms with Crippen molar-refractivity contribution in [1.29, 1.82) is 0 Å². The molecule has 0 bridgehead atoms. The van der Waals surface area contributed by atoms with Crippen LogP contribution in [0.25, 0.3) is 0 Å². The number of hydrogen-bond acceptors (Lipinski definition) is 7. The van der Waals surface area contributed by atoms with Crippen molar-refractivity contribution in [1.82, 2.24) is 0 Å². The monoisotopic (exact) mass is 278 g/mol. The molecule has 0 aromatic carbocycles. The van der Waals surface area contributed by atoms with Gasteiger partial charge in [-0.3, -0.25) is 19.2 Å². The number of carbonyl (C=O) groups is 4. The Balaban J connectivity index is 0. The Hall–Kier alpha value is -2.12. The number of aliphatic carboxylic acids is 1. The molecule has 0 saturated heterocycles. The smallest absolute Gasteiger partial charge is 0.303 e. The Morgan fingerprint density at radius 1 is 0.842 bits per heavy atom. The average molecular weight is 278 g/mol. The van der Waals surface area contributed by atoms with Gasteiger partial charge in [-0.05, 0) is 0 Å². The van der Waals surface area contributed by atoms with Gasteiger partial charge in [-0.1, -0.05) is 0 Å². The molecule has 19 heavy (non-hydrogen) atoms. The molecule has 0 aliphatic rings. The first-order valence-corrected chi connectivity index (χ1v) is 5.28. The zero-order chi connectivity index (χ0) is 15.4. The molecule has 0 radical (unpaired) electrons. The van der Waals surface area contributed by atoms with E-state index < -0.39 is 30.0 Å². The second-order valence-corrected chi connectivity index (χ2v) is 3.36. The van der Waals surface area contributed by atoms with Crippen LogP contribution < -0.4 is 0 Å². The summed E-state index contributed by atoms with van der Waals surface area (Å²) in [5, 5.41) is 7.42. The standard InChI is InChI=1S/C9H14O6.C2H4O2/c1-6(10)13-4-9(15-8(3)12)5-14-7(2)11;1-2(3)4/h9H,4-5H2,1-3H3;1H3,(H,3,4). The zero-order valence-electron chi connectivity index (χ0n) is 11.3. The Kier molecular flexibility index (Phi) is 11.1. The van der Waals surface area contributed by atoms with Gasteiger partial charge < -0.3 is 19.3 Å². The fourth-order valence-corrected chi connectivity index (χ4v) is 0.771. The van der Waals surface area contributed by atoms with Gasteiger partial charge in [0.2, 0.25) is 0 Å². The van der Waals surface area contributed by atoms with Crippen molar-refractivity contribution >= 4 is 23.9 Å². The molecule has 0 fully saturated rings. The number of carbonyl (C=O) groups excluding carboxylic acids is 3. The van der Waals surface area contributed by atoms with E-state index in [0.29, 0.717) is 0 Å². The van der Waals surface area contributed by atoms with E-state index in [4.69, 9.17) is 14.6 Å². The first-order chi connectivity index (χ1) is 8.65. The third-order valence-corrected chi connectivity index (χ3v) is 1.28. The lowest BCUT2D eigenvalue weighted by Gasteiger charge is -2.15. The maximum Gasteiger partial charge on any atom is 0.303 e. The topological polar surface area (TPSA) is 116 Å². The summed E-state index contributed by atoms with van der Waals surface area (Å²) in [6.45, 7) is 4.52. The quantitative estimate of drug-likeness (QED) is 0.557. The van der Waals surface area contributed by atoms with Crippen LogP contribution in [0.5, 0.6) is 0 Å². The third kappa shape index (κ3) is 21.7. The number of esters is 3. The normalized spacial score (nSPS) is 8.89. The van der Waals surface area contributed by atoms with Crippen LogP contribution in [0.15, 0.2) is 0 Å². The van der Waals surface area contributed by atoms with Crippen LogP contribution in [0.2, 0.25) is 0 Å². The summed E-state index contributed by atoms with van der Waals surface area (Å²) in [4.78, 5) is 40.6. The predicted octanol–water partition coefficient (Wildman–Crippen LogP) is 0.135. The summed E-state index contributed by atoms with van der Waals surface area (Å²) in [7, 11) is 0. The van der Waals surface area contributed by atoms with Gasteiger partial charge in [0.25, 0.3) is 5.97 Å². The SMILES string of the molecule is CC(=O)O.CC(=O)OCC(COC(C)=O)OC(C)=O. The van der Waals surface area contributed by atoms with Gasteiger partial charge in [-0.25, -0.2) is 0 Å². The van der Waals surface area contributed by atoms with E-state index in [-0.39, 0.29) is 13.2 Å². The van der Waals surface area contributed by atoms with E-state index in [1.165, 1.54) is 20.8 Å².